The highest BCUT2D eigenvalue weighted by Crippen LogP contribution is 2.45. The van der Waals surface area contributed by atoms with Crippen LogP contribution in [0.2, 0.25) is 0 Å². The number of hydrogen-bond acceptors (Lipinski definition) is 3. The molecule has 1 saturated carbocycles. The molecule has 0 amide bonds. The Balaban J connectivity index is 2.57. The molecule has 3 unspecified atom stereocenters. The Labute approximate surface area is 75.9 Å². The van der Waals surface area contributed by atoms with Crippen molar-refractivity contribution in [3.05, 3.63) is 10.1 Å². The molecule has 13 heavy (non-hydrogen) atoms. The third kappa shape index (κ3) is 1.96. The predicted molar refractivity (Wildman–Crippen MR) is 44.9 cm³/mol. The van der Waals surface area contributed by atoms with Crippen molar-refractivity contribution in [1.29, 1.82) is 0 Å². The lowest BCUT2D eigenvalue weighted by atomic mass is 10.1. The van der Waals surface area contributed by atoms with Crippen LogP contribution in [-0.2, 0) is 4.79 Å². The van der Waals surface area contributed by atoms with Gasteiger partial charge in [-0.2, -0.15) is 0 Å². The summed E-state index contributed by atoms with van der Waals surface area (Å²) in [5.41, 5.74) is 0. The smallest absolute Gasteiger partial charge is 0.314 e. The van der Waals surface area contributed by atoms with Gasteiger partial charge < -0.3 is 5.11 Å². The van der Waals surface area contributed by atoms with E-state index < -0.39 is 22.9 Å². The van der Waals surface area contributed by atoms with Crippen molar-refractivity contribution >= 4 is 5.97 Å². The van der Waals surface area contributed by atoms with E-state index in [1.165, 1.54) is 0 Å². The minimum Gasteiger partial charge on any atom is -0.481 e. The van der Waals surface area contributed by atoms with Gasteiger partial charge >= 0.3 is 5.97 Å². The molecule has 0 aromatic carbocycles. The van der Waals surface area contributed by atoms with Crippen LogP contribution >= 0.6 is 0 Å². The van der Waals surface area contributed by atoms with E-state index in [2.05, 4.69) is 0 Å². The van der Waals surface area contributed by atoms with E-state index in [4.69, 9.17) is 5.11 Å². The molecule has 1 rings (SSSR count). The molecular weight excluding hydrogens is 174 g/mol. The van der Waals surface area contributed by atoms with Crippen molar-refractivity contribution in [3.8, 4) is 0 Å². The summed E-state index contributed by atoms with van der Waals surface area (Å²) in [5.74, 6) is -1.73. The number of carbonyl (C=O) groups is 1. The Kier molecular flexibility index (Phi) is 2.54. The van der Waals surface area contributed by atoms with Gasteiger partial charge in [0, 0.05) is 10.8 Å². The lowest BCUT2D eigenvalue weighted by Crippen LogP contribution is -2.09. The van der Waals surface area contributed by atoms with Crippen molar-refractivity contribution in [3.63, 3.8) is 0 Å². The van der Waals surface area contributed by atoms with Crippen LogP contribution in [0.4, 0.5) is 0 Å². The fraction of sp³-hybridized carbons (Fsp3) is 0.875. The Morgan fingerprint density at radius 3 is 2.38 bits per heavy atom. The predicted octanol–water partition coefficient (Wildman–Crippen LogP) is 1.01. The number of aliphatic carboxylic acids is 1. The van der Waals surface area contributed by atoms with Gasteiger partial charge in [0.25, 0.3) is 0 Å². The van der Waals surface area contributed by atoms with Crippen LogP contribution in [0.25, 0.3) is 0 Å². The summed E-state index contributed by atoms with van der Waals surface area (Å²) in [7, 11) is 0. The van der Waals surface area contributed by atoms with Crippen LogP contribution in [0.5, 0.6) is 0 Å². The molecule has 0 radical (unpaired) electrons. The SMILES string of the molecule is CC(C)CC1C(C(=O)O)C1[N+](=O)[O-]. The Morgan fingerprint density at radius 1 is 1.62 bits per heavy atom. The van der Waals surface area contributed by atoms with Gasteiger partial charge in [0.2, 0.25) is 6.04 Å². The number of nitro groups is 1. The molecule has 1 N–H and O–H groups in total. The zero-order valence-corrected chi connectivity index (χ0v) is 7.64. The zero-order valence-electron chi connectivity index (χ0n) is 7.64. The maximum atomic E-state index is 10.6. The monoisotopic (exact) mass is 187 g/mol. The fourth-order valence-electron chi connectivity index (χ4n) is 1.80. The molecule has 0 aromatic heterocycles. The van der Waals surface area contributed by atoms with Gasteiger partial charge in [-0.25, -0.2) is 0 Å². The highest BCUT2D eigenvalue weighted by atomic mass is 16.6. The molecule has 0 aliphatic heterocycles. The molecule has 1 aliphatic carbocycles. The second-order valence-corrected chi connectivity index (χ2v) is 3.93. The second-order valence-electron chi connectivity index (χ2n) is 3.93. The molecule has 0 bridgehead atoms. The van der Waals surface area contributed by atoms with Crippen LogP contribution in [-0.4, -0.2) is 22.0 Å². The van der Waals surface area contributed by atoms with E-state index in [1.54, 1.807) is 0 Å². The van der Waals surface area contributed by atoms with Crippen molar-refractivity contribution in [1.82, 2.24) is 0 Å². The summed E-state index contributed by atoms with van der Waals surface area (Å²) in [6.07, 6.45) is 0.628. The number of carboxylic acids is 1. The molecule has 0 spiro atoms. The zero-order chi connectivity index (χ0) is 10.2. The summed E-state index contributed by atoms with van der Waals surface area (Å²) in [4.78, 5) is 20.5. The van der Waals surface area contributed by atoms with Crippen molar-refractivity contribution in [2.24, 2.45) is 17.8 Å². The average Bonchev–Trinajstić information content (AvgIpc) is 2.60. The topological polar surface area (TPSA) is 80.4 Å². The molecule has 3 atom stereocenters. The first-order chi connectivity index (χ1) is 5.95. The molecule has 0 saturated heterocycles. The molecule has 5 nitrogen and oxygen atoms in total. The van der Waals surface area contributed by atoms with E-state index in [0.29, 0.717) is 12.3 Å². The second kappa shape index (κ2) is 3.32. The van der Waals surface area contributed by atoms with Gasteiger partial charge in [-0.05, 0) is 12.3 Å². The molecule has 1 fully saturated rings. The van der Waals surface area contributed by atoms with Crippen LogP contribution < -0.4 is 0 Å². The number of carboxylic acid groups (broad SMARTS) is 1. The van der Waals surface area contributed by atoms with E-state index in [9.17, 15) is 14.9 Å². The highest BCUT2D eigenvalue weighted by molar-refractivity contribution is 5.74. The summed E-state index contributed by atoms with van der Waals surface area (Å²) in [6.45, 7) is 3.88. The summed E-state index contributed by atoms with van der Waals surface area (Å²) in [5, 5.41) is 19.1. The first-order valence-corrected chi connectivity index (χ1v) is 4.31. The third-order valence-corrected chi connectivity index (χ3v) is 2.40. The van der Waals surface area contributed by atoms with Gasteiger partial charge in [0.05, 0.1) is 0 Å². The summed E-state index contributed by atoms with van der Waals surface area (Å²) in [6, 6.07) is -0.847. The maximum absolute atomic E-state index is 10.6. The average molecular weight is 187 g/mol. The van der Waals surface area contributed by atoms with Crippen molar-refractivity contribution < 1.29 is 14.8 Å². The molecule has 5 heteroatoms. The van der Waals surface area contributed by atoms with E-state index in [0.717, 1.165) is 0 Å². The Bertz CT molecular complexity index is 218. The van der Waals surface area contributed by atoms with Crippen LogP contribution in [0.3, 0.4) is 0 Å². The Hall–Kier alpha value is -1.13. The van der Waals surface area contributed by atoms with Gasteiger partial charge in [0.15, 0.2) is 0 Å². The quantitative estimate of drug-likeness (QED) is 0.526. The minimum absolute atomic E-state index is 0.257. The molecule has 0 heterocycles. The molecular formula is C8H13NO4. The first kappa shape index (κ1) is 9.95. The number of rotatable bonds is 4. The van der Waals surface area contributed by atoms with Crippen LogP contribution in [0.1, 0.15) is 20.3 Å². The summed E-state index contributed by atoms with van der Waals surface area (Å²) < 4.78 is 0. The van der Waals surface area contributed by atoms with Gasteiger partial charge in [-0.3, -0.25) is 14.9 Å². The number of hydrogen-bond donors (Lipinski definition) is 1. The highest BCUT2D eigenvalue weighted by Gasteiger charge is 2.64. The lowest BCUT2D eigenvalue weighted by Gasteiger charge is -1.99. The third-order valence-electron chi connectivity index (χ3n) is 2.40. The fourth-order valence-corrected chi connectivity index (χ4v) is 1.80. The van der Waals surface area contributed by atoms with Crippen molar-refractivity contribution in [2.75, 3.05) is 0 Å². The largest absolute Gasteiger partial charge is 0.481 e. The number of nitrogens with zero attached hydrogens (tertiary/aromatic N) is 1. The van der Waals surface area contributed by atoms with Crippen LogP contribution in [0, 0.1) is 27.9 Å². The van der Waals surface area contributed by atoms with Crippen LogP contribution in [0.15, 0.2) is 0 Å². The maximum Gasteiger partial charge on any atom is 0.314 e. The molecule has 74 valence electrons. The van der Waals surface area contributed by atoms with Gasteiger partial charge in [-0.15, -0.1) is 0 Å². The Morgan fingerprint density at radius 2 is 2.15 bits per heavy atom. The lowest BCUT2D eigenvalue weighted by molar-refractivity contribution is -0.500. The van der Waals surface area contributed by atoms with E-state index >= 15 is 0 Å². The van der Waals surface area contributed by atoms with Gasteiger partial charge in [-0.1, -0.05) is 13.8 Å². The standard InChI is InChI=1S/C8H13NO4/c1-4(2)3-5-6(8(10)11)7(5)9(12)13/h4-7H,3H2,1-2H3,(H,10,11). The molecule has 1 aliphatic rings. The first-order valence-electron chi connectivity index (χ1n) is 4.31. The molecule has 0 aromatic rings. The van der Waals surface area contributed by atoms with Gasteiger partial charge in [0.1, 0.15) is 5.92 Å². The van der Waals surface area contributed by atoms with E-state index in [1.807, 2.05) is 13.8 Å². The summed E-state index contributed by atoms with van der Waals surface area (Å²) >= 11 is 0. The normalized spacial score (nSPS) is 31.8. The van der Waals surface area contributed by atoms with E-state index in [-0.39, 0.29) is 5.92 Å². The minimum atomic E-state index is -1.03. The van der Waals surface area contributed by atoms with Crippen molar-refractivity contribution in [2.45, 2.75) is 26.3 Å².